The maximum absolute atomic E-state index is 13.7. The van der Waals surface area contributed by atoms with Crippen LogP contribution in [0.25, 0.3) is 11.4 Å². The number of hydrogen-bond donors (Lipinski definition) is 2. The molecule has 2 aromatic carbocycles. The summed E-state index contributed by atoms with van der Waals surface area (Å²) in [5, 5.41) is 9.69. The van der Waals surface area contributed by atoms with Crippen LogP contribution in [0.15, 0.2) is 42.5 Å². The third kappa shape index (κ3) is 4.40. The molecular weight excluding hydrogens is 367 g/mol. The molecule has 0 saturated carbocycles. The van der Waals surface area contributed by atoms with E-state index in [-0.39, 0.29) is 18.1 Å². The van der Waals surface area contributed by atoms with Gasteiger partial charge in [0.1, 0.15) is 0 Å². The number of carbonyl (C=O) groups is 1. The molecule has 2 N–H and O–H groups in total. The Labute approximate surface area is 161 Å². The Balaban J connectivity index is 1.69. The van der Waals surface area contributed by atoms with Gasteiger partial charge in [-0.3, -0.25) is 14.5 Å². The molecule has 6 nitrogen and oxygen atoms in total. The highest BCUT2D eigenvalue weighted by Crippen LogP contribution is 2.21. The summed E-state index contributed by atoms with van der Waals surface area (Å²) in [5.74, 6) is 0.00951. The van der Waals surface area contributed by atoms with Gasteiger partial charge in [0.2, 0.25) is 5.91 Å². The van der Waals surface area contributed by atoms with E-state index in [9.17, 15) is 9.18 Å². The average Bonchev–Trinajstić information content (AvgIpc) is 3.01. The van der Waals surface area contributed by atoms with Gasteiger partial charge in [0.15, 0.2) is 22.2 Å². The average molecular weight is 386 g/mol. The third-order valence-electron chi connectivity index (χ3n) is 4.07. The van der Waals surface area contributed by atoms with Crippen molar-refractivity contribution in [3.05, 3.63) is 58.6 Å². The predicted octanol–water partition coefficient (Wildman–Crippen LogP) is 4.09. The number of nitrogens with zero attached hydrogens (tertiary/aromatic N) is 2. The predicted molar refractivity (Wildman–Crippen MR) is 104 cm³/mol. The number of benzene rings is 2. The molecule has 8 heteroatoms. The van der Waals surface area contributed by atoms with Crippen LogP contribution < -0.4 is 10.1 Å². The van der Waals surface area contributed by atoms with Crippen LogP contribution in [0.5, 0.6) is 5.75 Å². The van der Waals surface area contributed by atoms with Crippen LogP contribution >= 0.6 is 12.2 Å². The van der Waals surface area contributed by atoms with Gasteiger partial charge in [-0.2, -0.15) is 5.10 Å². The SMILES string of the molecule is COc1ccc(NC(=O)CCn2c(-c3ccc(C)cc3)n[nH]c2=S)cc1F. The number of anilines is 1. The van der Waals surface area contributed by atoms with Crippen molar-refractivity contribution in [3.8, 4) is 17.1 Å². The number of rotatable bonds is 6. The van der Waals surface area contributed by atoms with E-state index in [0.29, 0.717) is 22.8 Å². The summed E-state index contributed by atoms with van der Waals surface area (Å²) in [7, 11) is 1.39. The number of carbonyl (C=O) groups excluding carboxylic acids is 1. The van der Waals surface area contributed by atoms with E-state index in [1.165, 1.54) is 19.2 Å². The first-order valence-corrected chi connectivity index (χ1v) is 8.74. The van der Waals surface area contributed by atoms with Crippen LogP contribution in [-0.2, 0) is 11.3 Å². The number of aromatic amines is 1. The molecule has 27 heavy (non-hydrogen) atoms. The molecule has 0 spiro atoms. The second-order valence-corrected chi connectivity index (χ2v) is 6.40. The number of H-pyrrole nitrogens is 1. The molecular formula is C19H19FN4O2S. The molecule has 0 radical (unpaired) electrons. The van der Waals surface area contributed by atoms with Crippen LogP contribution in [0.3, 0.4) is 0 Å². The van der Waals surface area contributed by atoms with Crippen LogP contribution in [0.4, 0.5) is 10.1 Å². The first kappa shape index (κ1) is 18.8. The van der Waals surface area contributed by atoms with E-state index in [0.717, 1.165) is 11.1 Å². The monoisotopic (exact) mass is 386 g/mol. The summed E-state index contributed by atoms with van der Waals surface area (Å²) < 4.78 is 20.8. The van der Waals surface area contributed by atoms with Gasteiger partial charge in [-0.25, -0.2) is 4.39 Å². The highest BCUT2D eigenvalue weighted by atomic mass is 32.1. The van der Waals surface area contributed by atoms with Crippen molar-refractivity contribution >= 4 is 23.8 Å². The van der Waals surface area contributed by atoms with E-state index in [4.69, 9.17) is 17.0 Å². The molecule has 140 valence electrons. The Bertz CT molecular complexity index is 1010. The number of aromatic nitrogens is 3. The Morgan fingerprint density at radius 1 is 1.30 bits per heavy atom. The first-order chi connectivity index (χ1) is 13.0. The van der Waals surface area contributed by atoms with Crippen molar-refractivity contribution in [3.63, 3.8) is 0 Å². The molecule has 0 aliphatic heterocycles. The number of aryl methyl sites for hydroxylation is 1. The fourth-order valence-electron chi connectivity index (χ4n) is 2.63. The molecule has 0 unspecified atom stereocenters. The lowest BCUT2D eigenvalue weighted by Gasteiger charge is -2.09. The summed E-state index contributed by atoms with van der Waals surface area (Å²) >= 11 is 5.27. The lowest BCUT2D eigenvalue weighted by Crippen LogP contribution is -2.15. The topological polar surface area (TPSA) is 71.9 Å². The quantitative estimate of drug-likeness (QED) is 0.626. The maximum Gasteiger partial charge on any atom is 0.226 e. The Morgan fingerprint density at radius 2 is 2.04 bits per heavy atom. The van der Waals surface area contributed by atoms with E-state index in [1.807, 2.05) is 31.2 Å². The smallest absolute Gasteiger partial charge is 0.226 e. The lowest BCUT2D eigenvalue weighted by atomic mass is 10.1. The van der Waals surface area contributed by atoms with Crippen molar-refractivity contribution < 1.29 is 13.9 Å². The molecule has 1 amide bonds. The van der Waals surface area contributed by atoms with E-state index in [1.54, 1.807) is 10.6 Å². The minimum Gasteiger partial charge on any atom is -0.494 e. The molecule has 1 aromatic heterocycles. The van der Waals surface area contributed by atoms with Gasteiger partial charge >= 0.3 is 0 Å². The Hall–Kier alpha value is -3.00. The number of nitrogens with one attached hydrogen (secondary N) is 2. The summed E-state index contributed by atoms with van der Waals surface area (Å²) in [6.45, 7) is 2.36. The van der Waals surface area contributed by atoms with Gasteiger partial charge in [-0.15, -0.1) is 0 Å². The fraction of sp³-hybridized carbons (Fsp3) is 0.211. The van der Waals surface area contributed by atoms with Gasteiger partial charge in [-0.1, -0.05) is 29.8 Å². The van der Waals surface area contributed by atoms with Crippen LogP contribution in [0, 0.1) is 17.5 Å². The van der Waals surface area contributed by atoms with Gasteiger partial charge in [0.25, 0.3) is 0 Å². The van der Waals surface area contributed by atoms with Gasteiger partial charge in [0, 0.05) is 30.3 Å². The van der Waals surface area contributed by atoms with Crippen LogP contribution in [0.2, 0.25) is 0 Å². The summed E-state index contributed by atoms with van der Waals surface area (Å²) in [6, 6.07) is 12.2. The van der Waals surface area contributed by atoms with Crippen LogP contribution in [-0.4, -0.2) is 27.8 Å². The molecule has 0 bridgehead atoms. The standard InChI is InChI=1S/C19H19FN4O2S/c1-12-3-5-13(6-4-12)18-22-23-19(27)24(18)10-9-17(25)21-14-7-8-16(26-2)15(20)11-14/h3-8,11H,9-10H2,1-2H3,(H,21,25)(H,23,27). The molecule has 3 rings (SSSR count). The van der Waals surface area contributed by atoms with Crippen molar-refractivity contribution in [1.82, 2.24) is 14.8 Å². The molecule has 0 aliphatic rings. The highest BCUT2D eigenvalue weighted by molar-refractivity contribution is 7.71. The maximum atomic E-state index is 13.7. The number of halogens is 1. The summed E-state index contributed by atoms with van der Waals surface area (Å²) in [4.78, 5) is 12.2. The summed E-state index contributed by atoms with van der Waals surface area (Å²) in [5.41, 5.74) is 2.42. The zero-order valence-electron chi connectivity index (χ0n) is 15.0. The van der Waals surface area contributed by atoms with E-state index < -0.39 is 5.82 Å². The Kier molecular flexibility index (Phi) is 5.66. The Morgan fingerprint density at radius 3 is 2.70 bits per heavy atom. The van der Waals surface area contributed by atoms with Crippen molar-refractivity contribution in [2.24, 2.45) is 0 Å². The molecule has 0 atom stereocenters. The molecule has 1 heterocycles. The van der Waals surface area contributed by atoms with Crippen molar-refractivity contribution in [2.75, 3.05) is 12.4 Å². The molecule has 3 aromatic rings. The van der Waals surface area contributed by atoms with Crippen molar-refractivity contribution in [1.29, 1.82) is 0 Å². The molecule has 0 saturated heterocycles. The number of methoxy groups -OCH3 is 1. The minimum absolute atomic E-state index is 0.125. The number of ether oxygens (including phenoxy) is 1. The van der Waals surface area contributed by atoms with Crippen LogP contribution in [0.1, 0.15) is 12.0 Å². The first-order valence-electron chi connectivity index (χ1n) is 8.33. The zero-order valence-corrected chi connectivity index (χ0v) is 15.8. The lowest BCUT2D eigenvalue weighted by molar-refractivity contribution is -0.116. The zero-order chi connectivity index (χ0) is 19.4. The normalized spacial score (nSPS) is 10.6. The third-order valence-corrected chi connectivity index (χ3v) is 4.38. The number of amides is 1. The van der Waals surface area contributed by atoms with E-state index >= 15 is 0 Å². The summed E-state index contributed by atoms with van der Waals surface area (Å²) in [6.07, 6.45) is 0.167. The number of hydrogen-bond acceptors (Lipinski definition) is 4. The second kappa shape index (κ2) is 8.13. The van der Waals surface area contributed by atoms with Crippen molar-refractivity contribution in [2.45, 2.75) is 19.9 Å². The van der Waals surface area contributed by atoms with Gasteiger partial charge in [-0.05, 0) is 31.3 Å². The second-order valence-electron chi connectivity index (χ2n) is 6.02. The minimum atomic E-state index is -0.533. The van der Waals surface area contributed by atoms with Gasteiger partial charge in [0.05, 0.1) is 7.11 Å². The van der Waals surface area contributed by atoms with Gasteiger partial charge < -0.3 is 10.1 Å². The highest BCUT2D eigenvalue weighted by Gasteiger charge is 2.11. The molecule has 0 fully saturated rings. The molecule has 0 aliphatic carbocycles. The largest absolute Gasteiger partial charge is 0.494 e. The van der Waals surface area contributed by atoms with E-state index in [2.05, 4.69) is 15.5 Å². The fourth-order valence-corrected chi connectivity index (χ4v) is 2.85.